The molecule has 1 aliphatic carbocycles. The molecule has 0 heterocycles. The van der Waals surface area contributed by atoms with Gasteiger partial charge in [0.05, 0.1) is 23.7 Å². The first-order chi connectivity index (χ1) is 12.5. The lowest BCUT2D eigenvalue weighted by Gasteiger charge is -2.31. The molecule has 0 spiro atoms. The molecular weight excluding hydrogens is 354 g/mol. The molecule has 26 heavy (non-hydrogen) atoms. The molecule has 0 atom stereocenters. The second kappa shape index (κ2) is 10.5. The Hall–Kier alpha value is -1.63. The van der Waals surface area contributed by atoms with Gasteiger partial charge in [-0.2, -0.15) is 0 Å². The molecule has 0 unspecified atom stereocenters. The van der Waals surface area contributed by atoms with Gasteiger partial charge in [-0.3, -0.25) is 9.59 Å². The Morgan fingerprint density at radius 3 is 2.65 bits per heavy atom. The van der Waals surface area contributed by atoms with Gasteiger partial charge in [-0.1, -0.05) is 30.9 Å². The number of ether oxygens (including phenoxy) is 1. The number of amides is 2. The van der Waals surface area contributed by atoms with E-state index in [1.54, 1.807) is 30.2 Å². The summed E-state index contributed by atoms with van der Waals surface area (Å²) >= 11 is 6.31. The number of carbonyl (C=O) groups excluding carboxylic acids is 2. The highest BCUT2D eigenvalue weighted by molar-refractivity contribution is 6.34. The van der Waals surface area contributed by atoms with Crippen LogP contribution in [0.15, 0.2) is 18.2 Å². The third-order valence-electron chi connectivity index (χ3n) is 4.69. The van der Waals surface area contributed by atoms with Crippen molar-refractivity contribution in [2.24, 2.45) is 0 Å². The average molecular weight is 382 g/mol. The molecular formula is C19H28ClN3O3. The number of nitrogens with zero attached hydrogens (tertiary/aromatic N) is 1. The van der Waals surface area contributed by atoms with Crippen LogP contribution in [-0.2, 0) is 9.53 Å². The fraction of sp³-hybridized carbons (Fsp3) is 0.579. The minimum Gasteiger partial charge on any atom is -0.383 e. The van der Waals surface area contributed by atoms with E-state index in [1.165, 1.54) is 19.3 Å². The van der Waals surface area contributed by atoms with Crippen molar-refractivity contribution in [3.63, 3.8) is 0 Å². The lowest BCUT2D eigenvalue weighted by Crippen LogP contribution is -2.38. The maximum absolute atomic E-state index is 12.7. The molecule has 1 aromatic carbocycles. The van der Waals surface area contributed by atoms with Crippen molar-refractivity contribution in [3.8, 4) is 0 Å². The molecule has 0 aliphatic heterocycles. The highest BCUT2D eigenvalue weighted by atomic mass is 35.5. The zero-order chi connectivity index (χ0) is 18.9. The van der Waals surface area contributed by atoms with Crippen LogP contribution in [0.5, 0.6) is 0 Å². The van der Waals surface area contributed by atoms with Crippen molar-refractivity contribution in [2.75, 3.05) is 39.2 Å². The first kappa shape index (κ1) is 20.7. The molecule has 0 aromatic heterocycles. The van der Waals surface area contributed by atoms with Gasteiger partial charge in [0.25, 0.3) is 5.91 Å². The maximum Gasteiger partial charge on any atom is 0.255 e. The van der Waals surface area contributed by atoms with E-state index >= 15 is 0 Å². The standard InChI is InChI=1S/C19H28ClN3O3/c1-23(15-6-4-3-5-7-15)19(25)16-9-8-14(12-17(16)20)22-18(24)13-21-10-11-26-2/h8-9,12,15,21H,3-7,10-11,13H2,1-2H3,(H,22,24). The lowest BCUT2D eigenvalue weighted by atomic mass is 9.94. The van der Waals surface area contributed by atoms with Crippen molar-refractivity contribution in [1.29, 1.82) is 0 Å². The van der Waals surface area contributed by atoms with Crippen LogP contribution in [0.1, 0.15) is 42.5 Å². The molecule has 1 fully saturated rings. The van der Waals surface area contributed by atoms with Gasteiger partial charge in [-0.25, -0.2) is 0 Å². The number of rotatable bonds is 8. The van der Waals surface area contributed by atoms with Gasteiger partial charge in [0.2, 0.25) is 5.91 Å². The summed E-state index contributed by atoms with van der Waals surface area (Å²) in [6.07, 6.45) is 5.67. The SMILES string of the molecule is COCCNCC(=O)Nc1ccc(C(=O)N(C)C2CCCCC2)c(Cl)c1. The molecule has 1 aliphatic rings. The van der Waals surface area contributed by atoms with Gasteiger partial charge in [0.15, 0.2) is 0 Å². The maximum atomic E-state index is 12.7. The molecule has 0 saturated heterocycles. The smallest absolute Gasteiger partial charge is 0.255 e. The van der Waals surface area contributed by atoms with Gasteiger partial charge in [0.1, 0.15) is 0 Å². The van der Waals surface area contributed by atoms with E-state index in [-0.39, 0.29) is 24.4 Å². The summed E-state index contributed by atoms with van der Waals surface area (Å²) in [7, 11) is 3.45. The van der Waals surface area contributed by atoms with Crippen LogP contribution in [0.2, 0.25) is 5.02 Å². The number of hydrogen-bond donors (Lipinski definition) is 2. The van der Waals surface area contributed by atoms with Crippen LogP contribution in [0.25, 0.3) is 0 Å². The Balaban J connectivity index is 1.93. The number of halogens is 1. The Morgan fingerprint density at radius 1 is 1.27 bits per heavy atom. The summed E-state index contributed by atoms with van der Waals surface area (Å²) in [5.74, 6) is -0.239. The van der Waals surface area contributed by atoms with Gasteiger partial charge < -0.3 is 20.3 Å². The number of benzene rings is 1. The topological polar surface area (TPSA) is 70.7 Å². The minimum atomic E-state index is -0.171. The summed E-state index contributed by atoms with van der Waals surface area (Å²) in [4.78, 5) is 26.4. The number of nitrogens with one attached hydrogen (secondary N) is 2. The predicted molar refractivity (Wildman–Crippen MR) is 104 cm³/mol. The number of hydrogen-bond acceptors (Lipinski definition) is 4. The first-order valence-corrected chi connectivity index (χ1v) is 9.47. The zero-order valence-electron chi connectivity index (χ0n) is 15.5. The van der Waals surface area contributed by atoms with Crippen LogP contribution in [-0.4, -0.2) is 56.6 Å². The zero-order valence-corrected chi connectivity index (χ0v) is 16.3. The van der Waals surface area contributed by atoms with Gasteiger partial charge in [0, 0.05) is 32.4 Å². The van der Waals surface area contributed by atoms with E-state index in [0.29, 0.717) is 29.4 Å². The summed E-state index contributed by atoms with van der Waals surface area (Å²) < 4.78 is 4.91. The van der Waals surface area contributed by atoms with Crippen LogP contribution in [0, 0.1) is 0 Å². The quantitative estimate of drug-likeness (QED) is 0.679. The van der Waals surface area contributed by atoms with Crippen LogP contribution >= 0.6 is 11.6 Å². The van der Waals surface area contributed by atoms with Crippen LogP contribution < -0.4 is 10.6 Å². The Morgan fingerprint density at radius 2 is 2.00 bits per heavy atom. The molecule has 0 radical (unpaired) electrons. The van der Waals surface area contributed by atoms with Gasteiger partial charge in [-0.05, 0) is 31.0 Å². The van der Waals surface area contributed by atoms with E-state index in [9.17, 15) is 9.59 Å². The lowest BCUT2D eigenvalue weighted by molar-refractivity contribution is -0.115. The van der Waals surface area contributed by atoms with Crippen molar-refractivity contribution in [2.45, 2.75) is 38.1 Å². The third-order valence-corrected chi connectivity index (χ3v) is 5.01. The van der Waals surface area contributed by atoms with Crippen molar-refractivity contribution < 1.29 is 14.3 Å². The number of anilines is 1. The molecule has 144 valence electrons. The largest absolute Gasteiger partial charge is 0.383 e. The summed E-state index contributed by atoms with van der Waals surface area (Å²) in [5, 5.41) is 6.09. The highest BCUT2D eigenvalue weighted by Gasteiger charge is 2.24. The monoisotopic (exact) mass is 381 g/mol. The van der Waals surface area contributed by atoms with E-state index in [1.807, 2.05) is 7.05 Å². The first-order valence-electron chi connectivity index (χ1n) is 9.09. The van der Waals surface area contributed by atoms with Gasteiger partial charge >= 0.3 is 0 Å². The van der Waals surface area contributed by atoms with E-state index in [0.717, 1.165) is 12.8 Å². The minimum absolute atomic E-state index is 0.0685. The number of methoxy groups -OCH3 is 1. The van der Waals surface area contributed by atoms with Crippen molar-refractivity contribution in [1.82, 2.24) is 10.2 Å². The second-order valence-electron chi connectivity index (χ2n) is 6.62. The van der Waals surface area contributed by atoms with Gasteiger partial charge in [-0.15, -0.1) is 0 Å². The Bertz CT molecular complexity index is 618. The second-order valence-corrected chi connectivity index (χ2v) is 7.03. The molecule has 1 saturated carbocycles. The van der Waals surface area contributed by atoms with E-state index in [4.69, 9.17) is 16.3 Å². The molecule has 2 amide bonds. The Labute approximate surface area is 160 Å². The van der Waals surface area contributed by atoms with E-state index < -0.39 is 0 Å². The van der Waals surface area contributed by atoms with Crippen LogP contribution in [0.4, 0.5) is 5.69 Å². The molecule has 2 rings (SSSR count). The average Bonchev–Trinajstić information content (AvgIpc) is 2.65. The summed E-state index contributed by atoms with van der Waals surface area (Å²) in [6.45, 7) is 1.34. The molecule has 7 heteroatoms. The van der Waals surface area contributed by atoms with Crippen LogP contribution in [0.3, 0.4) is 0 Å². The molecule has 1 aromatic rings. The summed E-state index contributed by atoms with van der Waals surface area (Å²) in [5.41, 5.74) is 1.04. The highest BCUT2D eigenvalue weighted by Crippen LogP contribution is 2.26. The number of carbonyl (C=O) groups is 2. The third kappa shape index (κ3) is 5.97. The normalized spacial score (nSPS) is 14.9. The summed E-state index contributed by atoms with van der Waals surface area (Å²) in [6, 6.07) is 5.29. The molecule has 2 N–H and O–H groups in total. The van der Waals surface area contributed by atoms with E-state index in [2.05, 4.69) is 10.6 Å². The predicted octanol–water partition coefficient (Wildman–Crippen LogP) is 2.92. The fourth-order valence-electron chi connectivity index (χ4n) is 3.17. The van der Waals surface area contributed by atoms with Crippen molar-refractivity contribution in [3.05, 3.63) is 28.8 Å². The fourth-order valence-corrected chi connectivity index (χ4v) is 3.43. The molecule has 0 bridgehead atoms. The van der Waals surface area contributed by atoms with Crippen molar-refractivity contribution >= 4 is 29.1 Å². The molecule has 6 nitrogen and oxygen atoms in total. The Kier molecular flexibility index (Phi) is 8.35.